The minimum absolute atomic E-state index is 0.105. The lowest BCUT2D eigenvalue weighted by Crippen LogP contribution is -2.41. The lowest BCUT2D eigenvalue weighted by molar-refractivity contribution is 0.0135. The predicted molar refractivity (Wildman–Crippen MR) is 91.4 cm³/mol. The molecule has 0 saturated carbocycles. The van der Waals surface area contributed by atoms with Crippen LogP contribution in [0.2, 0.25) is 0 Å². The number of hydrogen-bond donors (Lipinski definition) is 2. The fraction of sp³-hybridized carbons (Fsp3) is 0.588. The van der Waals surface area contributed by atoms with Gasteiger partial charge in [-0.1, -0.05) is 5.92 Å². The zero-order valence-corrected chi connectivity index (χ0v) is 14.0. The topological polar surface area (TPSA) is 62.0 Å². The number of terminal acetylenes is 1. The van der Waals surface area contributed by atoms with E-state index in [4.69, 9.17) is 15.6 Å². The molecule has 6 nitrogen and oxygen atoms in total. The molecule has 1 aliphatic heterocycles. The lowest BCUT2D eigenvalue weighted by atomic mass is 10.1. The van der Waals surface area contributed by atoms with Gasteiger partial charge in [-0.15, -0.1) is 6.42 Å². The second-order valence-corrected chi connectivity index (χ2v) is 5.39. The van der Waals surface area contributed by atoms with Gasteiger partial charge in [0.05, 0.1) is 32.3 Å². The number of morpholine rings is 1. The summed E-state index contributed by atoms with van der Waals surface area (Å²) < 4.78 is 11.3. The zero-order chi connectivity index (χ0) is 16.5. The van der Waals surface area contributed by atoms with Crippen molar-refractivity contribution < 1.29 is 9.15 Å². The Kier molecular flexibility index (Phi) is 6.98. The van der Waals surface area contributed by atoms with E-state index in [1.54, 1.807) is 0 Å². The normalized spacial score (nSPS) is 17.5. The third-order valence-electron chi connectivity index (χ3n) is 3.70. The Morgan fingerprint density at radius 2 is 2.17 bits per heavy atom. The average Bonchev–Trinajstić information content (AvgIpc) is 3.00. The predicted octanol–water partition coefficient (Wildman–Crippen LogP) is 1.15. The van der Waals surface area contributed by atoms with Crippen LogP contribution in [0.1, 0.15) is 24.5 Å². The number of aliphatic imine (C=N–C) groups is 1. The van der Waals surface area contributed by atoms with E-state index in [1.165, 1.54) is 0 Å². The van der Waals surface area contributed by atoms with E-state index in [1.807, 2.05) is 26.0 Å². The van der Waals surface area contributed by atoms with E-state index < -0.39 is 0 Å². The molecule has 2 heterocycles. The van der Waals surface area contributed by atoms with Gasteiger partial charge in [-0.2, -0.15) is 0 Å². The van der Waals surface area contributed by atoms with Crippen LogP contribution in [0, 0.1) is 19.3 Å². The second kappa shape index (κ2) is 9.23. The Labute approximate surface area is 138 Å². The van der Waals surface area contributed by atoms with E-state index in [-0.39, 0.29) is 6.04 Å². The lowest BCUT2D eigenvalue weighted by Gasteiger charge is -2.32. The Balaban J connectivity index is 2.11. The molecule has 0 aromatic carbocycles. The van der Waals surface area contributed by atoms with Crippen molar-refractivity contribution in [2.45, 2.75) is 19.9 Å². The van der Waals surface area contributed by atoms with Crippen LogP contribution in [0.15, 0.2) is 21.5 Å². The summed E-state index contributed by atoms with van der Waals surface area (Å²) in [6.45, 7) is 9.09. The molecule has 1 unspecified atom stereocenters. The number of nitrogens with zero attached hydrogens (tertiary/aromatic N) is 2. The Morgan fingerprint density at radius 1 is 1.39 bits per heavy atom. The SMILES string of the molecule is C#CCNC(=NCC(c1ccc(C)o1)N1CCOCC1)NCC. The van der Waals surface area contributed by atoms with Crippen LogP contribution in [0.5, 0.6) is 0 Å². The van der Waals surface area contributed by atoms with Crippen molar-refractivity contribution in [2.24, 2.45) is 4.99 Å². The number of rotatable bonds is 6. The third kappa shape index (κ3) is 5.31. The molecule has 1 fully saturated rings. The van der Waals surface area contributed by atoms with Gasteiger partial charge in [0.25, 0.3) is 0 Å². The maximum Gasteiger partial charge on any atom is 0.192 e. The molecule has 6 heteroatoms. The van der Waals surface area contributed by atoms with Crippen molar-refractivity contribution in [3.63, 3.8) is 0 Å². The van der Waals surface area contributed by atoms with Crippen molar-refractivity contribution in [3.05, 3.63) is 23.7 Å². The molecular weight excluding hydrogens is 292 g/mol. The molecule has 2 rings (SSSR count). The molecule has 0 aliphatic carbocycles. The van der Waals surface area contributed by atoms with Gasteiger partial charge in [-0.25, -0.2) is 0 Å². The van der Waals surface area contributed by atoms with Crippen LogP contribution < -0.4 is 10.6 Å². The van der Waals surface area contributed by atoms with E-state index in [2.05, 4.69) is 26.4 Å². The van der Waals surface area contributed by atoms with Gasteiger partial charge in [-0.3, -0.25) is 9.89 Å². The highest BCUT2D eigenvalue weighted by molar-refractivity contribution is 5.80. The Bertz CT molecular complexity index is 541. The standard InChI is InChI=1S/C17H26N4O2/c1-4-8-19-17(18-5-2)20-13-15(16-7-6-14(3)23-16)21-9-11-22-12-10-21/h1,6-7,15H,5,8-13H2,2-3H3,(H2,18,19,20). The fourth-order valence-electron chi connectivity index (χ4n) is 2.56. The summed E-state index contributed by atoms with van der Waals surface area (Å²) in [4.78, 5) is 7.03. The molecule has 0 bridgehead atoms. The Morgan fingerprint density at radius 3 is 2.78 bits per heavy atom. The second-order valence-electron chi connectivity index (χ2n) is 5.39. The molecule has 1 aromatic heterocycles. The minimum atomic E-state index is 0.105. The quantitative estimate of drug-likeness (QED) is 0.468. The van der Waals surface area contributed by atoms with Gasteiger partial charge in [0, 0.05) is 19.6 Å². The number of hydrogen-bond acceptors (Lipinski definition) is 4. The van der Waals surface area contributed by atoms with Crippen LogP contribution in [0.25, 0.3) is 0 Å². The van der Waals surface area contributed by atoms with E-state index >= 15 is 0 Å². The van der Waals surface area contributed by atoms with Gasteiger partial charge < -0.3 is 19.8 Å². The van der Waals surface area contributed by atoms with Crippen molar-refractivity contribution in [1.29, 1.82) is 0 Å². The van der Waals surface area contributed by atoms with Crippen molar-refractivity contribution >= 4 is 5.96 Å². The number of guanidine groups is 1. The third-order valence-corrected chi connectivity index (χ3v) is 3.70. The highest BCUT2D eigenvalue weighted by atomic mass is 16.5. The van der Waals surface area contributed by atoms with Crippen molar-refractivity contribution in [2.75, 3.05) is 45.9 Å². The summed E-state index contributed by atoms with van der Waals surface area (Å²) in [5.74, 6) is 5.16. The maximum absolute atomic E-state index is 5.85. The molecule has 0 spiro atoms. The number of furan rings is 1. The molecule has 126 valence electrons. The number of ether oxygens (including phenoxy) is 1. The summed E-state index contributed by atoms with van der Waals surface area (Å²) in [5, 5.41) is 6.32. The summed E-state index contributed by atoms with van der Waals surface area (Å²) in [5.41, 5.74) is 0. The monoisotopic (exact) mass is 318 g/mol. The first-order chi connectivity index (χ1) is 11.2. The minimum Gasteiger partial charge on any atom is -0.465 e. The fourth-order valence-corrected chi connectivity index (χ4v) is 2.56. The van der Waals surface area contributed by atoms with Gasteiger partial charge >= 0.3 is 0 Å². The van der Waals surface area contributed by atoms with Crippen molar-refractivity contribution in [1.82, 2.24) is 15.5 Å². The zero-order valence-electron chi connectivity index (χ0n) is 14.0. The van der Waals surface area contributed by atoms with Crippen LogP contribution in [0.3, 0.4) is 0 Å². The summed E-state index contributed by atoms with van der Waals surface area (Å²) in [7, 11) is 0. The van der Waals surface area contributed by atoms with Gasteiger partial charge in [0.15, 0.2) is 5.96 Å². The van der Waals surface area contributed by atoms with Gasteiger partial charge in [-0.05, 0) is 26.0 Å². The van der Waals surface area contributed by atoms with Crippen LogP contribution in [-0.4, -0.2) is 56.8 Å². The molecule has 1 atom stereocenters. The van der Waals surface area contributed by atoms with Crippen molar-refractivity contribution in [3.8, 4) is 12.3 Å². The van der Waals surface area contributed by atoms with Gasteiger partial charge in [0.1, 0.15) is 11.5 Å². The van der Waals surface area contributed by atoms with E-state index in [9.17, 15) is 0 Å². The summed E-state index contributed by atoms with van der Waals surface area (Å²) in [6, 6.07) is 4.13. The maximum atomic E-state index is 5.85. The average molecular weight is 318 g/mol. The largest absolute Gasteiger partial charge is 0.465 e. The van der Waals surface area contributed by atoms with Crippen LogP contribution in [-0.2, 0) is 4.74 Å². The first-order valence-electron chi connectivity index (χ1n) is 8.08. The molecule has 23 heavy (non-hydrogen) atoms. The summed E-state index contributed by atoms with van der Waals surface area (Å²) in [6.07, 6.45) is 5.31. The molecular formula is C17H26N4O2. The highest BCUT2D eigenvalue weighted by Gasteiger charge is 2.25. The molecule has 1 aromatic rings. The van der Waals surface area contributed by atoms with Crippen LogP contribution >= 0.6 is 0 Å². The van der Waals surface area contributed by atoms with Gasteiger partial charge in [0.2, 0.25) is 0 Å². The Hall–Kier alpha value is -1.97. The molecule has 0 radical (unpaired) electrons. The molecule has 0 amide bonds. The smallest absolute Gasteiger partial charge is 0.192 e. The highest BCUT2D eigenvalue weighted by Crippen LogP contribution is 2.24. The molecule has 1 saturated heterocycles. The van der Waals surface area contributed by atoms with E-state index in [0.717, 1.165) is 50.3 Å². The number of aryl methyl sites for hydroxylation is 1. The number of nitrogens with one attached hydrogen (secondary N) is 2. The summed E-state index contributed by atoms with van der Waals surface area (Å²) >= 11 is 0. The van der Waals surface area contributed by atoms with Crippen LogP contribution in [0.4, 0.5) is 0 Å². The molecule has 2 N–H and O–H groups in total. The molecule has 1 aliphatic rings. The van der Waals surface area contributed by atoms with E-state index in [0.29, 0.717) is 13.1 Å². The first-order valence-corrected chi connectivity index (χ1v) is 8.08. The first kappa shape index (κ1) is 17.4.